The van der Waals surface area contributed by atoms with Gasteiger partial charge in [-0.2, -0.15) is 0 Å². The second-order valence-corrected chi connectivity index (χ2v) is 2.51. The first-order chi connectivity index (χ1) is 5.36. The van der Waals surface area contributed by atoms with Crippen LogP contribution < -0.4 is 0 Å². The standard InChI is InChI=1S/C10H8O/c1-8-7-9-5-3-2-4-6-10(9)11-8/h2-3,5-7H,1H3. The van der Waals surface area contributed by atoms with Gasteiger partial charge in [-0.1, -0.05) is 12.2 Å². The van der Waals surface area contributed by atoms with Crippen LogP contribution in [-0.4, -0.2) is 0 Å². The molecule has 11 heavy (non-hydrogen) atoms. The minimum absolute atomic E-state index is 0.896. The molecule has 0 bridgehead atoms. The molecule has 0 saturated carbocycles. The van der Waals surface area contributed by atoms with Crippen molar-refractivity contribution in [2.24, 2.45) is 0 Å². The molecule has 0 spiro atoms. The van der Waals surface area contributed by atoms with E-state index in [-0.39, 0.29) is 0 Å². The van der Waals surface area contributed by atoms with Gasteiger partial charge in [-0.05, 0) is 19.1 Å². The molecule has 54 valence electrons. The Hall–Kier alpha value is -1.46. The third kappa shape index (κ3) is 1.06. The van der Waals surface area contributed by atoms with Crippen molar-refractivity contribution in [1.82, 2.24) is 0 Å². The molecule has 0 fully saturated rings. The van der Waals surface area contributed by atoms with E-state index in [9.17, 15) is 0 Å². The molecular formula is C10H8O. The van der Waals surface area contributed by atoms with E-state index in [1.807, 2.05) is 37.3 Å². The lowest BCUT2D eigenvalue weighted by Gasteiger charge is -1.83. The molecule has 1 aromatic heterocycles. The predicted molar refractivity (Wildman–Crippen MR) is 45.0 cm³/mol. The van der Waals surface area contributed by atoms with E-state index in [4.69, 9.17) is 4.42 Å². The van der Waals surface area contributed by atoms with Crippen molar-refractivity contribution >= 4 is 12.2 Å². The van der Waals surface area contributed by atoms with Gasteiger partial charge in [0.15, 0.2) is 0 Å². The first kappa shape index (κ1) is 6.26. The highest BCUT2D eigenvalue weighted by Crippen LogP contribution is 2.18. The molecule has 0 N–H and O–H groups in total. The van der Waals surface area contributed by atoms with E-state index in [0.717, 1.165) is 17.1 Å². The van der Waals surface area contributed by atoms with Crippen LogP contribution in [0.5, 0.6) is 0 Å². The SMILES string of the molecule is Cc1cc2c(o1)C=C=CC=C2. The molecule has 1 aliphatic rings. The summed E-state index contributed by atoms with van der Waals surface area (Å²) in [7, 11) is 0. The number of furan rings is 1. The lowest BCUT2D eigenvalue weighted by atomic mass is 10.2. The summed E-state index contributed by atoms with van der Waals surface area (Å²) in [5.41, 5.74) is 4.11. The number of hydrogen-bond donors (Lipinski definition) is 0. The molecule has 0 radical (unpaired) electrons. The van der Waals surface area contributed by atoms with Crippen molar-refractivity contribution < 1.29 is 4.42 Å². The molecule has 0 aromatic carbocycles. The van der Waals surface area contributed by atoms with Gasteiger partial charge in [0.2, 0.25) is 0 Å². The monoisotopic (exact) mass is 144 g/mol. The summed E-state index contributed by atoms with van der Waals surface area (Å²) >= 11 is 0. The van der Waals surface area contributed by atoms with Crippen LogP contribution in [0.2, 0.25) is 0 Å². The van der Waals surface area contributed by atoms with E-state index in [1.165, 1.54) is 0 Å². The van der Waals surface area contributed by atoms with Crippen LogP contribution in [0.15, 0.2) is 28.4 Å². The van der Waals surface area contributed by atoms with Crippen LogP contribution in [-0.2, 0) is 0 Å². The molecule has 2 rings (SSSR count). The van der Waals surface area contributed by atoms with Gasteiger partial charge in [0.1, 0.15) is 11.5 Å². The predicted octanol–water partition coefficient (Wildman–Crippen LogP) is 2.78. The maximum atomic E-state index is 5.40. The molecule has 0 saturated heterocycles. The summed E-state index contributed by atoms with van der Waals surface area (Å²) in [5.74, 6) is 1.84. The van der Waals surface area contributed by atoms with Crippen molar-refractivity contribution in [2.45, 2.75) is 6.92 Å². The fourth-order valence-corrected chi connectivity index (χ4v) is 1.13. The van der Waals surface area contributed by atoms with Crippen LogP contribution in [0.1, 0.15) is 17.1 Å². The molecule has 1 heterocycles. The van der Waals surface area contributed by atoms with Gasteiger partial charge in [-0.3, -0.25) is 0 Å². The van der Waals surface area contributed by atoms with Crippen molar-refractivity contribution in [1.29, 1.82) is 0 Å². The maximum absolute atomic E-state index is 5.40. The van der Waals surface area contributed by atoms with E-state index >= 15 is 0 Å². The summed E-state index contributed by atoms with van der Waals surface area (Å²) in [6, 6.07) is 2.02. The molecule has 0 atom stereocenters. The lowest BCUT2D eigenvalue weighted by molar-refractivity contribution is 0.524. The summed E-state index contributed by atoms with van der Waals surface area (Å²) in [5, 5.41) is 0. The smallest absolute Gasteiger partial charge is 0.141 e. The van der Waals surface area contributed by atoms with Crippen molar-refractivity contribution in [3.63, 3.8) is 0 Å². The maximum Gasteiger partial charge on any atom is 0.141 e. The summed E-state index contributed by atoms with van der Waals surface area (Å²) in [6.07, 6.45) is 7.69. The minimum atomic E-state index is 0.896. The van der Waals surface area contributed by atoms with Crippen LogP contribution in [0, 0.1) is 6.92 Å². The second-order valence-electron chi connectivity index (χ2n) is 2.51. The normalized spacial score (nSPS) is 13.2. The van der Waals surface area contributed by atoms with Gasteiger partial charge >= 0.3 is 0 Å². The lowest BCUT2D eigenvalue weighted by Crippen LogP contribution is -1.66. The van der Waals surface area contributed by atoms with Crippen LogP contribution in [0.25, 0.3) is 12.2 Å². The topological polar surface area (TPSA) is 13.1 Å². The Morgan fingerprint density at radius 3 is 3.27 bits per heavy atom. The average molecular weight is 144 g/mol. The average Bonchev–Trinajstić information content (AvgIpc) is 2.17. The third-order valence-corrected chi connectivity index (χ3v) is 1.60. The molecular weight excluding hydrogens is 136 g/mol. The third-order valence-electron chi connectivity index (χ3n) is 1.60. The largest absolute Gasteiger partial charge is 0.461 e. The van der Waals surface area contributed by atoms with Gasteiger partial charge in [0, 0.05) is 11.6 Å². The number of allylic oxidation sites excluding steroid dienone is 2. The molecule has 1 heteroatoms. The second kappa shape index (κ2) is 2.30. The highest BCUT2D eigenvalue weighted by Gasteiger charge is 2.02. The Kier molecular flexibility index (Phi) is 1.31. The van der Waals surface area contributed by atoms with Gasteiger partial charge < -0.3 is 4.42 Å². The van der Waals surface area contributed by atoms with Gasteiger partial charge in [0.05, 0.1) is 0 Å². The summed E-state index contributed by atoms with van der Waals surface area (Å²) in [4.78, 5) is 0. The number of aryl methyl sites for hydroxylation is 1. The minimum Gasteiger partial charge on any atom is -0.461 e. The molecule has 0 amide bonds. The van der Waals surface area contributed by atoms with Crippen LogP contribution in [0.4, 0.5) is 0 Å². The highest BCUT2D eigenvalue weighted by molar-refractivity contribution is 5.64. The molecule has 1 aromatic rings. The van der Waals surface area contributed by atoms with Crippen molar-refractivity contribution in [3.05, 3.63) is 41.0 Å². The number of fused-ring (bicyclic) bond motifs is 1. The van der Waals surface area contributed by atoms with Gasteiger partial charge in [-0.15, -0.1) is 5.73 Å². The summed E-state index contributed by atoms with van der Waals surface area (Å²) in [6.45, 7) is 1.94. The number of hydrogen-bond acceptors (Lipinski definition) is 1. The van der Waals surface area contributed by atoms with E-state index in [0.29, 0.717) is 0 Å². The van der Waals surface area contributed by atoms with Crippen molar-refractivity contribution in [2.75, 3.05) is 0 Å². The van der Waals surface area contributed by atoms with Crippen LogP contribution in [0.3, 0.4) is 0 Å². The Morgan fingerprint density at radius 2 is 2.36 bits per heavy atom. The van der Waals surface area contributed by atoms with E-state index in [2.05, 4.69) is 5.73 Å². The molecule has 1 aliphatic carbocycles. The van der Waals surface area contributed by atoms with Crippen molar-refractivity contribution in [3.8, 4) is 0 Å². The Morgan fingerprint density at radius 1 is 1.45 bits per heavy atom. The van der Waals surface area contributed by atoms with Crippen LogP contribution >= 0.6 is 0 Å². The summed E-state index contributed by atoms with van der Waals surface area (Å²) < 4.78 is 5.40. The quantitative estimate of drug-likeness (QED) is 0.510. The first-order valence-electron chi connectivity index (χ1n) is 3.56. The highest BCUT2D eigenvalue weighted by atomic mass is 16.3. The fraction of sp³-hybridized carbons (Fsp3) is 0.100. The zero-order chi connectivity index (χ0) is 7.68. The molecule has 0 aliphatic heterocycles. The molecule has 1 nitrogen and oxygen atoms in total. The first-order valence-corrected chi connectivity index (χ1v) is 3.56. The molecule has 0 unspecified atom stereocenters. The Balaban J connectivity index is 2.66. The van der Waals surface area contributed by atoms with E-state index < -0.39 is 0 Å². The Bertz CT molecular complexity index is 360. The zero-order valence-corrected chi connectivity index (χ0v) is 6.29. The van der Waals surface area contributed by atoms with Gasteiger partial charge in [-0.25, -0.2) is 0 Å². The van der Waals surface area contributed by atoms with E-state index in [1.54, 1.807) is 0 Å². The number of rotatable bonds is 0. The fourth-order valence-electron chi connectivity index (χ4n) is 1.13. The van der Waals surface area contributed by atoms with Gasteiger partial charge in [0.25, 0.3) is 0 Å². The zero-order valence-electron chi connectivity index (χ0n) is 6.29. The Labute approximate surface area is 65.3 Å².